The Morgan fingerprint density at radius 3 is 2.08 bits per heavy atom. The molecule has 0 spiro atoms. The van der Waals surface area contributed by atoms with Crippen LogP contribution in [0.25, 0.3) is 33.8 Å². The quantitative estimate of drug-likeness (QED) is 0.179. The smallest absolute Gasteiger partial charge is 0.126 e. The second kappa shape index (κ2) is 10.3. The molecule has 0 radical (unpaired) electrons. The van der Waals surface area contributed by atoms with E-state index in [4.69, 9.17) is 20.4 Å². The highest BCUT2D eigenvalue weighted by molar-refractivity contribution is 7.23. The van der Waals surface area contributed by atoms with Crippen molar-refractivity contribution in [2.24, 2.45) is 0 Å². The molecule has 4 heterocycles. The molecule has 1 unspecified atom stereocenters. The van der Waals surface area contributed by atoms with E-state index in [9.17, 15) is 0 Å². The summed E-state index contributed by atoms with van der Waals surface area (Å²) in [5.74, 6) is 0. The van der Waals surface area contributed by atoms with Gasteiger partial charge in [0.1, 0.15) is 5.54 Å². The summed E-state index contributed by atoms with van der Waals surface area (Å²) in [6, 6.07) is 22.4. The zero-order chi connectivity index (χ0) is 26.9. The van der Waals surface area contributed by atoms with E-state index >= 15 is 0 Å². The van der Waals surface area contributed by atoms with Crippen LogP contribution in [0.4, 0.5) is 0 Å². The lowest BCUT2D eigenvalue weighted by molar-refractivity contribution is 0.464. The molecule has 38 heavy (non-hydrogen) atoms. The van der Waals surface area contributed by atoms with E-state index in [0.717, 1.165) is 55.6 Å². The molecule has 6 heteroatoms. The van der Waals surface area contributed by atoms with Gasteiger partial charge in [0, 0.05) is 47.2 Å². The Kier molecular flexibility index (Phi) is 6.88. The highest BCUT2D eigenvalue weighted by Gasteiger charge is 2.36. The lowest BCUT2D eigenvalue weighted by Crippen LogP contribution is -2.34. The van der Waals surface area contributed by atoms with Gasteiger partial charge in [-0.1, -0.05) is 49.1 Å². The van der Waals surface area contributed by atoms with Crippen LogP contribution in [0, 0.1) is 5.41 Å². The minimum Gasteiger partial charge on any atom is -0.328 e. The van der Waals surface area contributed by atoms with Gasteiger partial charge >= 0.3 is 0 Å². The maximum Gasteiger partial charge on any atom is 0.126 e. The summed E-state index contributed by atoms with van der Waals surface area (Å²) in [5, 5.41) is 9.41. The molecular formula is C32H30N5P. The number of fused-ring (bicyclic) bond motifs is 1. The number of pyridine rings is 3. The molecule has 0 saturated heterocycles. The van der Waals surface area contributed by atoms with Crippen LogP contribution in [0.1, 0.15) is 43.3 Å². The van der Waals surface area contributed by atoms with Crippen LogP contribution in [-0.4, -0.2) is 25.2 Å². The first-order chi connectivity index (χ1) is 18.3. The molecule has 5 rings (SSSR count). The number of benzene rings is 1. The molecule has 0 bridgehead atoms. The summed E-state index contributed by atoms with van der Waals surface area (Å²) in [7, 11) is 2.73. The summed E-state index contributed by atoms with van der Waals surface area (Å²) in [4.78, 5) is 14.6. The summed E-state index contributed by atoms with van der Waals surface area (Å²) >= 11 is 0. The number of hydrogen-bond donors (Lipinski definition) is 1. The fourth-order valence-electron chi connectivity index (χ4n) is 5.04. The van der Waals surface area contributed by atoms with Gasteiger partial charge in [0.15, 0.2) is 0 Å². The lowest BCUT2D eigenvalue weighted by Gasteiger charge is -2.31. The molecule has 5 nitrogen and oxygen atoms in total. The zero-order valence-corrected chi connectivity index (χ0v) is 23.0. The van der Waals surface area contributed by atoms with Gasteiger partial charge in [0.25, 0.3) is 0 Å². The van der Waals surface area contributed by atoms with Crippen molar-refractivity contribution in [3.05, 3.63) is 126 Å². The van der Waals surface area contributed by atoms with Gasteiger partial charge in [-0.15, -0.1) is 9.24 Å². The molecule has 188 valence electrons. The van der Waals surface area contributed by atoms with Crippen molar-refractivity contribution in [3.63, 3.8) is 0 Å². The van der Waals surface area contributed by atoms with Gasteiger partial charge in [-0.3, -0.25) is 15.0 Å². The van der Waals surface area contributed by atoms with Gasteiger partial charge in [0.05, 0.1) is 22.4 Å². The van der Waals surface area contributed by atoms with Crippen molar-refractivity contribution >= 4 is 37.6 Å². The Balaban J connectivity index is 1.88. The molecule has 0 aliphatic carbocycles. The summed E-state index contributed by atoms with van der Waals surface area (Å²) < 4.78 is 2.23. The number of hydrogen-bond acceptors (Lipinski definition) is 4. The Hall–Kier alpha value is -4.21. The van der Waals surface area contributed by atoms with Crippen molar-refractivity contribution in [1.82, 2.24) is 19.5 Å². The number of nitrogens with zero attached hydrogens (tertiary/aromatic N) is 4. The maximum atomic E-state index is 8.42. The normalized spacial score (nSPS) is 12.3. The molecule has 0 saturated carbocycles. The van der Waals surface area contributed by atoms with Crippen LogP contribution in [-0.2, 0) is 5.54 Å². The van der Waals surface area contributed by atoms with Crippen molar-refractivity contribution in [1.29, 1.82) is 5.41 Å². The number of nitrogens with one attached hydrogen (secondary N) is 1. The van der Waals surface area contributed by atoms with E-state index in [0.29, 0.717) is 5.71 Å². The average Bonchev–Trinajstić information content (AvgIpc) is 3.32. The molecule has 1 aromatic carbocycles. The van der Waals surface area contributed by atoms with Gasteiger partial charge < -0.3 is 9.98 Å². The number of allylic oxidation sites excluding steroid dienone is 2. The molecule has 0 aliphatic heterocycles. The summed E-state index contributed by atoms with van der Waals surface area (Å²) in [6.45, 7) is 9.84. The van der Waals surface area contributed by atoms with Crippen LogP contribution in [0.5, 0.6) is 0 Å². The van der Waals surface area contributed by atoms with E-state index in [1.807, 2.05) is 74.9 Å². The predicted octanol–water partition coefficient (Wildman–Crippen LogP) is 7.59. The SMILES string of the molecule is C=Cc1ccc(-c2cn(C(C)(c3ccccn3)c3ccccn3)c3cc(/C(C(C)=N)=C(\C)P)cnc23)cc1. The Labute approximate surface area is 225 Å². The third-order valence-corrected chi connectivity index (χ3v) is 7.25. The van der Waals surface area contributed by atoms with Gasteiger partial charge in [-0.05, 0) is 67.5 Å². The summed E-state index contributed by atoms with van der Waals surface area (Å²) in [5.41, 5.74) is 8.23. The predicted molar refractivity (Wildman–Crippen MR) is 161 cm³/mol. The van der Waals surface area contributed by atoms with E-state index in [-0.39, 0.29) is 0 Å². The van der Waals surface area contributed by atoms with Crippen LogP contribution in [0.15, 0.2) is 103 Å². The minimum absolute atomic E-state index is 0.495. The first-order valence-electron chi connectivity index (χ1n) is 12.4. The zero-order valence-electron chi connectivity index (χ0n) is 21.8. The minimum atomic E-state index is -0.722. The van der Waals surface area contributed by atoms with Crippen molar-refractivity contribution in [2.75, 3.05) is 0 Å². The molecule has 0 amide bonds. The molecular weight excluding hydrogens is 485 g/mol. The number of rotatable bonds is 7. The molecule has 0 aliphatic rings. The van der Waals surface area contributed by atoms with Crippen LogP contribution < -0.4 is 0 Å². The Morgan fingerprint density at radius 1 is 0.947 bits per heavy atom. The summed E-state index contributed by atoms with van der Waals surface area (Å²) in [6.07, 6.45) is 9.50. The van der Waals surface area contributed by atoms with E-state index in [1.165, 1.54) is 0 Å². The Morgan fingerprint density at radius 2 is 1.58 bits per heavy atom. The first-order valence-corrected chi connectivity index (χ1v) is 13.0. The van der Waals surface area contributed by atoms with E-state index in [2.05, 4.69) is 63.8 Å². The molecule has 1 atom stereocenters. The number of aromatic nitrogens is 4. The lowest BCUT2D eigenvalue weighted by atomic mass is 9.91. The Bertz CT molecular complexity index is 1620. The molecule has 5 aromatic rings. The van der Waals surface area contributed by atoms with E-state index in [1.54, 1.807) is 0 Å². The second-order valence-corrected chi connectivity index (χ2v) is 10.4. The van der Waals surface area contributed by atoms with Gasteiger partial charge in [0.2, 0.25) is 0 Å². The first kappa shape index (κ1) is 25.4. The topological polar surface area (TPSA) is 67.5 Å². The monoisotopic (exact) mass is 515 g/mol. The van der Waals surface area contributed by atoms with Crippen LogP contribution in [0.3, 0.4) is 0 Å². The standard InChI is InChI=1S/C32H30N5P/c1-5-23-12-14-24(15-13-23)26-20-37(27-18-25(19-36-31(26)27)30(21(2)33)22(3)38)32(4,28-10-6-8-16-34-28)29-11-7-9-17-35-29/h5-20,33H,1,38H2,2-4H3/b30-22+,33-21?. The molecule has 1 N–H and O–H groups in total. The molecule has 0 fully saturated rings. The third kappa shape index (κ3) is 4.40. The van der Waals surface area contributed by atoms with Gasteiger partial charge in [-0.2, -0.15) is 0 Å². The fourth-order valence-corrected chi connectivity index (χ4v) is 5.42. The largest absolute Gasteiger partial charge is 0.328 e. The highest BCUT2D eigenvalue weighted by Crippen LogP contribution is 2.40. The van der Waals surface area contributed by atoms with E-state index < -0.39 is 5.54 Å². The maximum absolute atomic E-state index is 8.42. The van der Waals surface area contributed by atoms with Gasteiger partial charge in [-0.25, -0.2) is 0 Å². The van der Waals surface area contributed by atoms with Crippen molar-refractivity contribution in [3.8, 4) is 11.1 Å². The van der Waals surface area contributed by atoms with Crippen LogP contribution in [0.2, 0.25) is 0 Å². The second-order valence-electron chi connectivity index (χ2n) is 9.52. The van der Waals surface area contributed by atoms with Crippen molar-refractivity contribution in [2.45, 2.75) is 26.3 Å². The highest BCUT2D eigenvalue weighted by atomic mass is 31.0. The third-order valence-electron chi connectivity index (χ3n) is 6.96. The molecule has 4 aromatic heterocycles. The fraction of sp³-hybridized carbons (Fsp3) is 0.125. The van der Waals surface area contributed by atoms with Crippen LogP contribution >= 0.6 is 9.24 Å². The van der Waals surface area contributed by atoms with Crippen molar-refractivity contribution < 1.29 is 0 Å². The average molecular weight is 516 g/mol.